The molecule has 190 valence electrons. The van der Waals surface area contributed by atoms with Gasteiger partial charge < -0.3 is 33.7 Å². The maximum atomic E-state index is 12.4. The molecule has 0 bridgehead atoms. The zero-order valence-corrected chi connectivity index (χ0v) is 21.1. The van der Waals surface area contributed by atoms with Crippen molar-refractivity contribution in [3.8, 4) is 17.6 Å². The zero-order valence-electron chi connectivity index (χ0n) is 21.1. The number of nitrogens with one attached hydrogen (secondary N) is 1. The van der Waals surface area contributed by atoms with E-state index in [-0.39, 0.29) is 25.7 Å². The lowest BCUT2D eigenvalue weighted by Crippen LogP contribution is -2.43. The van der Waals surface area contributed by atoms with E-state index < -0.39 is 11.7 Å². The van der Waals surface area contributed by atoms with Crippen LogP contribution in [0.4, 0.5) is 4.79 Å². The molecule has 1 aromatic rings. The molecule has 1 N–H and O–H groups in total. The summed E-state index contributed by atoms with van der Waals surface area (Å²) >= 11 is 0. The van der Waals surface area contributed by atoms with Gasteiger partial charge in [0, 0.05) is 18.2 Å². The lowest BCUT2D eigenvalue weighted by molar-refractivity contribution is -0.0564. The molecule has 1 amide bonds. The molecular formula is C25H38N2O7. The second-order valence-electron chi connectivity index (χ2n) is 8.98. The fourth-order valence-corrected chi connectivity index (χ4v) is 3.33. The minimum absolute atomic E-state index is 0.117. The van der Waals surface area contributed by atoms with Crippen molar-refractivity contribution < 1.29 is 33.2 Å². The van der Waals surface area contributed by atoms with E-state index in [0.717, 1.165) is 11.1 Å². The Kier molecular flexibility index (Phi) is 11.6. The fourth-order valence-electron chi connectivity index (χ4n) is 3.33. The molecule has 0 aromatic heterocycles. The lowest BCUT2D eigenvalue weighted by Gasteiger charge is -2.24. The summed E-state index contributed by atoms with van der Waals surface area (Å²) in [4.78, 5) is 14.5. The molecule has 0 saturated carbocycles. The highest BCUT2D eigenvalue weighted by molar-refractivity contribution is 5.68. The second-order valence-corrected chi connectivity index (χ2v) is 8.98. The van der Waals surface area contributed by atoms with Gasteiger partial charge in [-0.1, -0.05) is 17.9 Å². The van der Waals surface area contributed by atoms with Gasteiger partial charge in [-0.3, -0.25) is 4.90 Å². The first-order chi connectivity index (χ1) is 16.2. The summed E-state index contributed by atoms with van der Waals surface area (Å²) in [5.74, 6) is 7.15. The molecule has 0 aliphatic carbocycles. The van der Waals surface area contributed by atoms with Crippen LogP contribution in [0, 0.1) is 11.8 Å². The standard InChI is InChI=1S/C25H38N2O7/c1-25(2,3)34-24(28)26-20(17-31-18-29-5)15-21-19(9-7-11-22(21)30-6)10-8-12-27(4)16-23-32-13-14-33-23/h7,9,11,20,23H,12-18H2,1-6H3,(H,26,28). The average molecular weight is 479 g/mol. The van der Waals surface area contributed by atoms with Crippen LogP contribution in [0.25, 0.3) is 0 Å². The molecule has 0 radical (unpaired) electrons. The molecule has 1 aliphatic heterocycles. The Bertz CT molecular complexity index is 823. The smallest absolute Gasteiger partial charge is 0.407 e. The Balaban J connectivity index is 2.14. The molecule has 1 saturated heterocycles. The molecule has 1 aromatic carbocycles. The van der Waals surface area contributed by atoms with Gasteiger partial charge in [-0.25, -0.2) is 4.79 Å². The van der Waals surface area contributed by atoms with E-state index in [2.05, 4.69) is 17.2 Å². The predicted molar refractivity (Wildman–Crippen MR) is 128 cm³/mol. The van der Waals surface area contributed by atoms with Gasteiger partial charge in [0.1, 0.15) is 18.1 Å². The first-order valence-corrected chi connectivity index (χ1v) is 11.3. The number of benzene rings is 1. The predicted octanol–water partition coefficient (Wildman–Crippen LogP) is 2.41. The third-order valence-corrected chi connectivity index (χ3v) is 4.77. The summed E-state index contributed by atoms with van der Waals surface area (Å²) in [7, 11) is 5.13. The normalized spacial score (nSPS) is 15.0. The van der Waals surface area contributed by atoms with E-state index >= 15 is 0 Å². The molecule has 1 unspecified atom stereocenters. The van der Waals surface area contributed by atoms with Gasteiger partial charge in [0.2, 0.25) is 0 Å². The summed E-state index contributed by atoms with van der Waals surface area (Å²) < 4.78 is 32.5. The van der Waals surface area contributed by atoms with Crippen molar-refractivity contribution in [1.82, 2.24) is 10.2 Å². The van der Waals surface area contributed by atoms with E-state index in [9.17, 15) is 4.79 Å². The highest BCUT2D eigenvalue weighted by Gasteiger charge is 2.22. The quantitative estimate of drug-likeness (QED) is 0.295. The van der Waals surface area contributed by atoms with Gasteiger partial charge in [-0.05, 0) is 46.4 Å². The van der Waals surface area contributed by atoms with Crippen LogP contribution in [-0.4, -0.2) is 89.9 Å². The summed E-state index contributed by atoms with van der Waals surface area (Å²) in [6.07, 6.45) is -0.277. The zero-order chi connectivity index (χ0) is 25.0. The number of ether oxygens (including phenoxy) is 6. The Labute approximate surface area is 203 Å². The number of methoxy groups -OCH3 is 2. The topological polar surface area (TPSA) is 87.7 Å². The van der Waals surface area contributed by atoms with E-state index in [0.29, 0.717) is 38.5 Å². The summed E-state index contributed by atoms with van der Waals surface area (Å²) in [5.41, 5.74) is 1.09. The molecule has 1 heterocycles. The number of amides is 1. The number of carbonyl (C=O) groups excluding carboxylic acids is 1. The minimum Gasteiger partial charge on any atom is -0.496 e. The highest BCUT2D eigenvalue weighted by atomic mass is 16.7. The van der Waals surface area contributed by atoms with Gasteiger partial charge in [-0.15, -0.1) is 0 Å². The number of hydrogen-bond acceptors (Lipinski definition) is 8. The summed E-state index contributed by atoms with van der Waals surface area (Å²) in [5, 5.41) is 2.89. The number of nitrogens with zero attached hydrogens (tertiary/aromatic N) is 1. The van der Waals surface area contributed by atoms with Crippen LogP contribution >= 0.6 is 0 Å². The Morgan fingerprint density at radius 3 is 2.65 bits per heavy atom. The maximum Gasteiger partial charge on any atom is 0.407 e. The fraction of sp³-hybridized carbons (Fsp3) is 0.640. The SMILES string of the molecule is COCOCC(Cc1c(C#CCN(C)CC2OCCO2)cccc1OC)NC(=O)OC(C)(C)C. The van der Waals surface area contributed by atoms with Gasteiger partial charge in [0.25, 0.3) is 0 Å². The van der Waals surface area contributed by atoms with Crippen LogP contribution in [0.1, 0.15) is 31.9 Å². The van der Waals surface area contributed by atoms with Crippen LogP contribution in [0.3, 0.4) is 0 Å². The molecule has 0 spiro atoms. The number of hydrogen-bond donors (Lipinski definition) is 1. The van der Waals surface area contributed by atoms with Crippen LogP contribution in [0.2, 0.25) is 0 Å². The van der Waals surface area contributed by atoms with E-state index in [1.54, 1.807) is 14.2 Å². The maximum absolute atomic E-state index is 12.4. The Morgan fingerprint density at radius 1 is 1.26 bits per heavy atom. The number of carbonyl (C=O) groups is 1. The van der Waals surface area contributed by atoms with Crippen LogP contribution in [-0.2, 0) is 30.1 Å². The van der Waals surface area contributed by atoms with E-state index in [4.69, 9.17) is 28.4 Å². The lowest BCUT2D eigenvalue weighted by atomic mass is 9.99. The molecule has 1 atom stereocenters. The van der Waals surface area contributed by atoms with Crippen molar-refractivity contribution in [3.63, 3.8) is 0 Å². The molecule has 34 heavy (non-hydrogen) atoms. The van der Waals surface area contributed by atoms with E-state index in [1.807, 2.05) is 50.9 Å². The van der Waals surface area contributed by atoms with Gasteiger partial charge in [-0.2, -0.15) is 0 Å². The first-order valence-electron chi connectivity index (χ1n) is 11.3. The van der Waals surface area contributed by atoms with Crippen LogP contribution < -0.4 is 10.1 Å². The van der Waals surface area contributed by atoms with Crippen molar-refractivity contribution >= 4 is 6.09 Å². The third kappa shape index (κ3) is 10.3. The average Bonchev–Trinajstić information content (AvgIpc) is 3.26. The molecule has 1 aliphatic rings. The minimum atomic E-state index is -0.607. The molecule has 9 nitrogen and oxygen atoms in total. The van der Waals surface area contributed by atoms with Gasteiger partial charge >= 0.3 is 6.09 Å². The first kappa shape index (κ1) is 27.9. The van der Waals surface area contributed by atoms with Crippen LogP contribution in [0.5, 0.6) is 5.75 Å². The number of rotatable bonds is 11. The molecule has 9 heteroatoms. The van der Waals surface area contributed by atoms with E-state index in [1.165, 1.54) is 0 Å². The van der Waals surface area contributed by atoms with Crippen molar-refractivity contribution in [2.75, 3.05) is 61.0 Å². The molecular weight excluding hydrogens is 440 g/mol. The summed E-state index contributed by atoms with van der Waals surface area (Å²) in [6, 6.07) is 5.34. The van der Waals surface area contributed by atoms with Gasteiger partial charge in [0.05, 0.1) is 46.1 Å². The van der Waals surface area contributed by atoms with Crippen molar-refractivity contribution in [2.24, 2.45) is 0 Å². The van der Waals surface area contributed by atoms with Crippen molar-refractivity contribution in [3.05, 3.63) is 29.3 Å². The second kappa shape index (κ2) is 14.1. The van der Waals surface area contributed by atoms with Gasteiger partial charge in [0.15, 0.2) is 6.29 Å². The van der Waals surface area contributed by atoms with Crippen molar-refractivity contribution in [1.29, 1.82) is 0 Å². The number of likely N-dealkylation sites (N-methyl/N-ethyl adjacent to an activating group) is 1. The van der Waals surface area contributed by atoms with Crippen LogP contribution in [0.15, 0.2) is 18.2 Å². The number of alkyl carbamates (subject to hydrolysis) is 1. The monoisotopic (exact) mass is 478 g/mol. The molecule has 2 rings (SSSR count). The molecule has 1 fully saturated rings. The third-order valence-electron chi connectivity index (χ3n) is 4.77. The Morgan fingerprint density at radius 2 is 2.00 bits per heavy atom. The summed E-state index contributed by atoms with van der Waals surface area (Å²) in [6.45, 7) is 8.27. The largest absolute Gasteiger partial charge is 0.496 e. The van der Waals surface area contributed by atoms with Crippen molar-refractivity contribution in [2.45, 2.75) is 45.1 Å². The highest BCUT2D eigenvalue weighted by Crippen LogP contribution is 2.24. The Hall–Kier alpha value is -2.35.